The number of nitrogens with one attached hydrogen (secondary N) is 1. The van der Waals surface area contributed by atoms with Crippen molar-refractivity contribution in [2.75, 3.05) is 0 Å². The molecular weight excluding hydrogens is 338 g/mol. The molecule has 3 N–H and O–H groups in total. The van der Waals surface area contributed by atoms with E-state index in [1.807, 2.05) is 25.1 Å². The Morgan fingerprint density at radius 2 is 2.16 bits per heavy atom. The molecule has 1 unspecified atom stereocenters. The zero-order valence-electron chi connectivity index (χ0n) is 13.9. The zero-order valence-corrected chi connectivity index (χ0v) is 14.7. The minimum atomic E-state index is -0.419. The van der Waals surface area contributed by atoms with Gasteiger partial charge in [0, 0.05) is 0 Å². The van der Waals surface area contributed by atoms with E-state index in [1.54, 1.807) is 17.8 Å². The molecule has 1 fully saturated rings. The number of fused-ring (bicyclic) bond motifs is 1. The molecule has 1 atom stereocenters. The summed E-state index contributed by atoms with van der Waals surface area (Å²) >= 11 is 1.58. The average molecular weight is 357 g/mol. The molecule has 1 aliphatic rings. The van der Waals surface area contributed by atoms with Crippen LogP contribution in [0, 0.1) is 0 Å². The van der Waals surface area contributed by atoms with Crippen LogP contribution in [-0.4, -0.2) is 20.1 Å². The highest BCUT2D eigenvalue weighted by Crippen LogP contribution is 2.38. The molecule has 0 aliphatic heterocycles. The molecular formula is C17H19N5O2S. The number of H-pyrrole nitrogens is 1. The van der Waals surface area contributed by atoms with Crippen molar-refractivity contribution in [1.82, 2.24) is 20.1 Å². The van der Waals surface area contributed by atoms with Crippen molar-refractivity contribution in [1.29, 1.82) is 0 Å². The number of thioether (sulfide) groups is 1. The quantitative estimate of drug-likeness (QED) is 0.722. The van der Waals surface area contributed by atoms with Crippen LogP contribution < -0.4 is 11.3 Å². The predicted molar refractivity (Wildman–Crippen MR) is 96.1 cm³/mol. The van der Waals surface area contributed by atoms with Gasteiger partial charge in [-0.1, -0.05) is 17.3 Å². The lowest BCUT2D eigenvalue weighted by Gasteiger charge is -2.34. The summed E-state index contributed by atoms with van der Waals surface area (Å²) in [5.74, 6) is 2.33. The Labute approximate surface area is 148 Å². The second kappa shape index (κ2) is 6.27. The number of aromatic nitrogens is 4. The molecule has 0 spiro atoms. The van der Waals surface area contributed by atoms with Gasteiger partial charge >= 0.3 is 0 Å². The molecule has 4 rings (SSSR count). The van der Waals surface area contributed by atoms with Gasteiger partial charge in [0.05, 0.1) is 27.4 Å². The van der Waals surface area contributed by atoms with Crippen LogP contribution in [0.1, 0.15) is 49.0 Å². The number of nitrogens with zero attached hydrogens (tertiary/aromatic N) is 3. The van der Waals surface area contributed by atoms with Gasteiger partial charge in [-0.2, -0.15) is 4.98 Å². The van der Waals surface area contributed by atoms with Crippen LogP contribution >= 0.6 is 11.8 Å². The molecule has 1 aliphatic carbocycles. The van der Waals surface area contributed by atoms with E-state index in [0.29, 0.717) is 34.2 Å². The second-order valence-corrected chi connectivity index (χ2v) is 7.78. The molecule has 25 heavy (non-hydrogen) atoms. The van der Waals surface area contributed by atoms with Crippen LogP contribution in [0.4, 0.5) is 0 Å². The van der Waals surface area contributed by atoms with Crippen molar-refractivity contribution in [3.8, 4) is 0 Å². The Bertz CT molecular complexity index is 963. The van der Waals surface area contributed by atoms with Crippen LogP contribution in [0.2, 0.25) is 0 Å². The van der Waals surface area contributed by atoms with Gasteiger partial charge in [0.1, 0.15) is 5.82 Å². The maximum absolute atomic E-state index is 12.1. The summed E-state index contributed by atoms with van der Waals surface area (Å²) < 4.78 is 5.38. The van der Waals surface area contributed by atoms with Gasteiger partial charge in [-0.25, -0.2) is 4.98 Å². The summed E-state index contributed by atoms with van der Waals surface area (Å²) in [6, 6.07) is 7.31. The van der Waals surface area contributed by atoms with Crippen molar-refractivity contribution in [3.63, 3.8) is 0 Å². The van der Waals surface area contributed by atoms with Crippen LogP contribution in [0.15, 0.2) is 33.6 Å². The summed E-state index contributed by atoms with van der Waals surface area (Å²) in [6.07, 6.45) is 2.90. The first-order valence-electron chi connectivity index (χ1n) is 8.28. The number of aromatic amines is 1. The van der Waals surface area contributed by atoms with Crippen LogP contribution in [-0.2, 0) is 11.3 Å². The maximum atomic E-state index is 12.1. The number of hydrogen-bond acceptors (Lipinski definition) is 7. The normalized spacial score (nSPS) is 17.4. The minimum Gasteiger partial charge on any atom is -0.338 e. The van der Waals surface area contributed by atoms with E-state index in [1.165, 1.54) is 0 Å². The maximum Gasteiger partial charge on any atom is 0.258 e. The largest absolute Gasteiger partial charge is 0.338 e. The van der Waals surface area contributed by atoms with E-state index in [9.17, 15) is 4.79 Å². The van der Waals surface area contributed by atoms with E-state index in [4.69, 9.17) is 10.3 Å². The molecule has 2 aromatic heterocycles. The Morgan fingerprint density at radius 1 is 1.36 bits per heavy atom. The van der Waals surface area contributed by atoms with E-state index >= 15 is 0 Å². The van der Waals surface area contributed by atoms with Crippen molar-refractivity contribution in [2.24, 2.45) is 5.73 Å². The number of nitrogens with two attached hydrogens (primary N) is 1. The standard InChI is InChI=1S/C17H19N5O2S/c1-10(15-21-16(22-24-15)17(18)7-4-8-17)25-9-13-19-12-6-3-2-5-11(12)14(23)20-13/h2-3,5-6,10H,4,7-9,18H2,1H3,(H,19,20,23). The first-order chi connectivity index (χ1) is 12.0. The third-order valence-electron chi connectivity index (χ3n) is 4.61. The number of hydrogen-bond donors (Lipinski definition) is 2. The number of para-hydroxylation sites is 1. The van der Waals surface area contributed by atoms with Crippen molar-refractivity contribution in [2.45, 2.75) is 42.7 Å². The summed E-state index contributed by atoms with van der Waals surface area (Å²) in [5.41, 5.74) is 6.39. The fraction of sp³-hybridized carbons (Fsp3) is 0.412. The highest BCUT2D eigenvalue weighted by Gasteiger charge is 2.39. The average Bonchev–Trinajstić information content (AvgIpc) is 3.08. The lowest BCUT2D eigenvalue weighted by molar-refractivity contribution is 0.229. The Hall–Kier alpha value is -2.19. The molecule has 0 saturated heterocycles. The Balaban J connectivity index is 1.47. The molecule has 1 aromatic carbocycles. The van der Waals surface area contributed by atoms with Crippen molar-refractivity contribution < 1.29 is 4.52 Å². The van der Waals surface area contributed by atoms with Gasteiger partial charge in [-0.3, -0.25) is 4.79 Å². The fourth-order valence-electron chi connectivity index (χ4n) is 2.86. The minimum absolute atomic E-state index is 0.0123. The van der Waals surface area contributed by atoms with E-state index < -0.39 is 5.54 Å². The second-order valence-electron chi connectivity index (χ2n) is 6.45. The molecule has 3 aromatic rings. The van der Waals surface area contributed by atoms with Crippen LogP contribution in [0.3, 0.4) is 0 Å². The third-order valence-corrected chi connectivity index (χ3v) is 5.75. The van der Waals surface area contributed by atoms with Crippen molar-refractivity contribution >= 4 is 22.7 Å². The van der Waals surface area contributed by atoms with Crippen molar-refractivity contribution in [3.05, 3.63) is 52.2 Å². The number of rotatable bonds is 5. The highest BCUT2D eigenvalue weighted by molar-refractivity contribution is 7.98. The summed E-state index contributed by atoms with van der Waals surface area (Å²) in [7, 11) is 0. The topological polar surface area (TPSA) is 111 Å². The zero-order chi connectivity index (χ0) is 17.4. The lowest BCUT2D eigenvalue weighted by atomic mass is 9.77. The Morgan fingerprint density at radius 3 is 2.92 bits per heavy atom. The molecule has 2 heterocycles. The van der Waals surface area contributed by atoms with Crippen LogP contribution in [0.25, 0.3) is 10.9 Å². The molecule has 7 nitrogen and oxygen atoms in total. The van der Waals surface area contributed by atoms with E-state index in [0.717, 1.165) is 19.3 Å². The number of benzene rings is 1. The third kappa shape index (κ3) is 3.07. The predicted octanol–water partition coefficient (Wildman–Crippen LogP) is 2.64. The van der Waals surface area contributed by atoms with Gasteiger partial charge in [-0.15, -0.1) is 11.8 Å². The van der Waals surface area contributed by atoms with Gasteiger partial charge in [0.15, 0.2) is 5.82 Å². The molecule has 0 amide bonds. The van der Waals surface area contributed by atoms with Crippen LogP contribution in [0.5, 0.6) is 0 Å². The summed E-state index contributed by atoms with van der Waals surface area (Å²) in [5, 5.41) is 4.63. The molecule has 0 bridgehead atoms. The lowest BCUT2D eigenvalue weighted by Crippen LogP contribution is -2.44. The first-order valence-corrected chi connectivity index (χ1v) is 9.32. The summed E-state index contributed by atoms with van der Waals surface area (Å²) in [4.78, 5) is 23.9. The van der Waals surface area contributed by atoms with Gasteiger partial charge < -0.3 is 15.2 Å². The van der Waals surface area contributed by atoms with Gasteiger partial charge in [0.2, 0.25) is 5.89 Å². The molecule has 130 valence electrons. The smallest absolute Gasteiger partial charge is 0.258 e. The molecule has 8 heteroatoms. The fourth-order valence-corrected chi connectivity index (χ4v) is 3.65. The molecule has 1 saturated carbocycles. The highest BCUT2D eigenvalue weighted by atomic mass is 32.2. The van der Waals surface area contributed by atoms with Gasteiger partial charge in [-0.05, 0) is 38.3 Å². The van der Waals surface area contributed by atoms with E-state index in [2.05, 4.69) is 20.1 Å². The first kappa shape index (κ1) is 16.3. The molecule has 0 radical (unpaired) electrons. The monoisotopic (exact) mass is 357 g/mol. The van der Waals surface area contributed by atoms with Gasteiger partial charge in [0.25, 0.3) is 5.56 Å². The SMILES string of the molecule is CC(SCc1nc2ccccc2c(=O)[nH]1)c1nc(C2(N)CCC2)no1. The van der Waals surface area contributed by atoms with E-state index in [-0.39, 0.29) is 10.8 Å². The summed E-state index contributed by atoms with van der Waals surface area (Å²) in [6.45, 7) is 1.99. The Kier molecular flexibility index (Phi) is 4.09.